The fourth-order valence-corrected chi connectivity index (χ4v) is 2.24. The SMILES string of the molecule is CC(C)COCCCNC(=O)CSc1ccc(F)c(F)c1. The predicted molar refractivity (Wildman–Crippen MR) is 80.4 cm³/mol. The lowest BCUT2D eigenvalue weighted by molar-refractivity contribution is -0.118. The van der Waals surface area contributed by atoms with E-state index in [0.717, 1.165) is 25.2 Å². The summed E-state index contributed by atoms with van der Waals surface area (Å²) in [5, 5.41) is 2.76. The number of hydrogen-bond donors (Lipinski definition) is 1. The van der Waals surface area contributed by atoms with Gasteiger partial charge in [-0.2, -0.15) is 0 Å². The molecule has 0 aromatic heterocycles. The van der Waals surface area contributed by atoms with Crippen LogP contribution in [0.3, 0.4) is 0 Å². The molecule has 6 heteroatoms. The summed E-state index contributed by atoms with van der Waals surface area (Å²) in [4.78, 5) is 12.1. The molecule has 0 saturated carbocycles. The summed E-state index contributed by atoms with van der Waals surface area (Å²) in [5.41, 5.74) is 0. The first kappa shape index (κ1) is 17.9. The molecule has 1 N–H and O–H groups in total. The first-order valence-corrected chi connectivity index (χ1v) is 7.90. The van der Waals surface area contributed by atoms with Crippen LogP contribution in [0.5, 0.6) is 0 Å². The highest BCUT2D eigenvalue weighted by atomic mass is 32.2. The van der Waals surface area contributed by atoms with Crippen LogP contribution >= 0.6 is 11.8 Å². The lowest BCUT2D eigenvalue weighted by Gasteiger charge is -2.08. The van der Waals surface area contributed by atoms with Crippen molar-refractivity contribution in [3.05, 3.63) is 29.8 Å². The van der Waals surface area contributed by atoms with Crippen molar-refractivity contribution in [3.8, 4) is 0 Å². The average molecular weight is 317 g/mol. The first-order chi connectivity index (χ1) is 9.99. The van der Waals surface area contributed by atoms with Crippen LogP contribution in [0.1, 0.15) is 20.3 Å². The summed E-state index contributed by atoms with van der Waals surface area (Å²) < 4.78 is 31.1. The Morgan fingerprint density at radius 2 is 2.10 bits per heavy atom. The minimum absolute atomic E-state index is 0.131. The normalized spacial score (nSPS) is 10.9. The van der Waals surface area contributed by atoms with E-state index in [9.17, 15) is 13.6 Å². The van der Waals surface area contributed by atoms with Gasteiger partial charge in [0.1, 0.15) is 0 Å². The molecule has 0 aliphatic carbocycles. The minimum atomic E-state index is -0.900. The Kier molecular flexibility index (Phi) is 8.30. The first-order valence-electron chi connectivity index (χ1n) is 6.91. The van der Waals surface area contributed by atoms with E-state index in [4.69, 9.17) is 4.74 Å². The third kappa shape index (κ3) is 8.02. The number of rotatable bonds is 9. The number of amides is 1. The van der Waals surface area contributed by atoms with Crippen LogP contribution in [0.2, 0.25) is 0 Å². The van der Waals surface area contributed by atoms with Crippen molar-refractivity contribution in [3.63, 3.8) is 0 Å². The van der Waals surface area contributed by atoms with Crippen molar-refractivity contribution in [1.29, 1.82) is 0 Å². The van der Waals surface area contributed by atoms with Gasteiger partial charge in [0, 0.05) is 24.7 Å². The lowest BCUT2D eigenvalue weighted by atomic mass is 10.2. The van der Waals surface area contributed by atoms with Gasteiger partial charge in [-0.05, 0) is 30.5 Å². The monoisotopic (exact) mass is 317 g/mol. The second kappa shape index (κ2) is 9.73. The van der Waals surface area contributed by atoms with Gasteiger partial charge in [-0.25, -0.2) is 8.78 Å². The van der Waals surface area contributed by atoms with Gasteiger partial charge in [0.05, 0.1) is 5.75 Å². The van der Waals surface area contributed by atoms with E-state index in [0.29, 0.717) is 24.0 Å². The van der Waals surface area contributed by atoms with Crippen LogP contribution in [0.4, 0.5) is 8.78 Å². The standard InChI is InChI=1S/C15H21F2NO2S/c1-11(2)9-20-7-3-6-18-15(19)10-21-12-4-5-13(16)14(17)8-12/h4-5,8,11H,3,6-7,9-10H2,1-2H3,(H,18,19). The van der Waals surface area contributed by atoms with Crippen LogP contribution < -0.4 is 5.32 Å². The summed E-state index contributed by atoms with van der Waals surface area (Å²) in [7, 11) is 0. The smallest absolute Gasteiger partial charge is 0.230 e. The van der Waals surface area contributed by atoms with E-state index < -0.39 is 11.6 Å². The van der Waals surface area contributed by atoms with Gasteiger partial charge < -0.3 is 10.1 Å². The molecule has 118 valence electrons. The number of benzene rings is 1. The second-order valence-electron chi connectivity index (χ2n) is 5.04. The molecular weight excluding hydrogens is 296 g/mol. The number of carbonyl (C=O) groups excluding carboxylic acids is 1. The Bertz CT molecular complexity index is 455. The molecule has 3 nitrogen and oxygen atoms in total. The van der Waals surface area contributed by atoms with E-state index in [2.05, 4.69) is 19.2 Å². The zero-order valence-electron chi connectivity index (χ0n) is 12.3. The fourth-order valence-electron chi connectivity index (χ4n) is 1.49. The van der Waals surface area contributed by atoms with Crippen molar-refractivity contribution in [1.82, 2.24) is 5.32 Å². The summed E-state index contributed by atoms with van der Waals surface area (Å²) >= 11 is 1.17. The zero-order valence-corrected chi connectivity index (χ0v) is 13.1. The largest absolute Gasteiger partial charge is 0.381 e. The molecule has 1 rings (SSSR count). The summed E-state index contributed by atoms with van der Waals surface area (Å²) in [6, 6.07) is 3.60. The van der Waals surface area contributed by atoms with Gasteiger partial charge in [-0.15, -0.1) is 11.8 Å². The van der Waals surface area contributed by atoms with E-state index in [1.165, 1.54) is 17.8 Å². The van der Waals surface area contributed by atoms with E-state index in [-0.39, 0.29) is 11.7 Å². The molecule has 1 amide bonds. The van der Waals surface area contributed by atoms with Gasteiger partial charge in [-0.3, -0.25) is 4.79 Å². The highest BCUT2D eigenvalue weighted by Gasteiger charge is 2.06. The van der Waals surface area contributed by atoms with E-state index in [1.807, 2.05) is 0 Å². The molecule has 0 fully saturated rings. The molecule has 0 aliphatic rings. The molecule has 1 aromatic carbocycles. The molecule has 0 unspecified atom stereocenters. The Balaban J connectivity index is 2.12. The maximum atomic E-state index is 13.0. The van der Waals surface area contributed by atoms with Crippen LogP contribution in [-0.4, -0.2) is 31.4 Å². The molecule has 1 aromatic rings. The Morgan fingerprint density at radius 1 is 1.33 bits per heavy atom. The number of carbonyl (C=O) groups is 1. The molecule has 0 bridgehead atoms. The van der Waals surface area contributed by atoms with Crippen molar-refractivity contribution in [2.75, 3.05) is 25.5 Å². The van der Waals surface area contributed by atoms with E-state index in [1.54, 1.807) is 0 Å². The molecule has 0 saturated heterocycles. The number of ether oxygens (including phenoxy) is 1. The van der Waals surface area contributed by atoms with Crippen LogP contribution in [0.25, 0.3) is 0 Å². The Morgan fingerprint density at radius 3 is 2.76 bits per heavy atom. The average Bonchev–Trinajstić information content (AvgIpc) is 2.43. The zero-order chi connectivity index (χ0) is 15.7. The molecule has 0 heterocycles. The van der Waals surface area contributed by atoms with Crippen LogP contribution in [0.15, 0.2) is 23.1 Å². The Labute approximate surface area is 128 Å². The summed E-state index contributed by atoms with van der Waals surface area (Å²) in [6.45, 7) is 6.05. The molecule has 0 aliphatic heterocycles. The van der Waals surface area contributed by atoms with Gasteiger partial charge in [-0.1, -0.05) is 13.8 Å². The van der Waals surface area contributed by atoms with Crippen molar-refractivity contribution >= 4 is 17.7 Å². The number of hydrogen-bond acceptors (Lipinski definition) is 3. The van der Waals surface area contributed by atoms with Gasteiger partial charge in [0.15, 0.2) is 11.6 Å². The van der Waals surface area contributed by atoms with Crippen molar-refractivity contribution in [2.24, 2.45) is 5.92 Å². The third-order valence-corrected chi connectivity index (χ3v) is 3.49. The summed E-state index contributed by atoms with van der Waals surface area (Å²) in [6.07, 6.45) is 0.758. The summed E-state index contributed by atoms with van der Waals surface area (Å²) in [5.74, 6) is -1.23. The van der Waals surface area contributed by atoms with Gasteiger partial charge >= 0.3 is 0 Å². The topological polar surface area (TPSA) is 38.3 Å². The highest BCUT2D eigenvalue weighted by molar-refractivity contribution is 8.00. The van der Waals surface area contributed by atoms with Gasteiger partial charge in [0.2, 0.25) is 5.91 Å². The molecule has 0 spiro atoms. The number of nitrogens with one attached hydrogen (secondary N) is 1. The molecule has 0 atom stereocenters. The van der Waals surface area contributed by atoms with Crippen LogP contribution in [0, 0.1) is 17.6 Å². The Hall–Kier alpha value is -1.14. The second-order valence-corrected chi connectivity index (χ2v) is 6.09. The molecular formula is C15H21F2NO2S. The molecule has 0 radical (unpaired) electrons. The maximum absolute atomic E-state index is 13.0. The highest BCUT2D eigenvalue weighted by Crippen LogP contribution is 2.19. The van der Waals surface area contributed by atoms with E-state index >= 15 is 0 Å². The lowest BCUT2D eigenvalue weighted by Crippen LogP contribution is -2.27. The molecule has 21 heavy (non-hydrogen) atoms. The predicted octanol–water partition coefficient (Wildman–Crippen LogP) is 3.24. The quantitative estimate of drug-likeness (QED) is 0.561. The van der Waals surface area contributed by atoms with Crippen molar-refractivity contribution in [2.45, 2.75) is 25.2 Å². The van der Waals surface area contributed by atoms with Gasteiger partial charge in [0.25, 0.3) is 0 Å². The fraction of sp³-hybridized carbons (Fsp3) is 0.533. The third-order valence-electron chi connectivity index (χ3n) is 2.50. The number of halogens is 2. The van der Waals surface area contributed by atoms with Crippen LogP contribution in [-0.2, 0) is 9.53 Å². The maximum Gasteiger partial charge on any atom is 0.230 e. The minimum Gasteiger partial charge on any atom is -0.381 e. The van der Waals surface area contributed by atoms with Crippen molar-refractivity contribution < 1.29 is 18.3 Å². The number of thioether (sulfide) groups is 1.